The molecule has 7 N–H and O–H groups in total. The standard InChI is InChI=1S/C40H64N6O10/c1-11-12-16-26(22-47)41-34(52)28(21-24(2)3)43-36(54)33(39(6,7)8)45-38(56)40(9,10)46(27-17-14-13-15-18-27)37(55)32(25(4)5)44-35(53)29(23-48)42-30(49)19-20-31(50)51/h13-15,17-18,22,24-26,28-29,32-33,48H,11-12,16,19-21,23H2,1-10H3,(H,41,52)(H,42,49)(H,43,54)(H,44,53)(H,45,56)(H,50,51)/t26-,28-,29-,32+,33+/m0/s1. The Balaban J connectivity index is 3.52. The van der Waals surface area contributed by atoms with Crippen LogP contribution in [0.5, 0.6) is 0 Å². The van der Waals surface area contributed by atoms with Crippen molar-refractivity contribution in [1.82, 2.24) is 26.6 Å². The first kappa shape index (κ1) is 49.2. The van der Waals surface area contributed by atoms with Crippen LogP contribution in [0.25, 0.3) is 0 Å². The summed E-state index contributed by atoms with van der Waals surface area (Å²) >= 11 is 0. The maximum Gasteiger partial charge on any atom is 0.303 e. The molecule has 0 radical (unpaired) electrons. The fourth-order valence-corrected chi connectivity index (χ4v) is 5.81. The molecule has 0 aliphatic heterocycles. The number of aliphatic hydroxyl groups is 1. The minimum Gasteiger partial charge on any atom is -0.481 e. The predicted octanol–water partition coefficient (Wildman–Crippen LogP) is 2.22. The van der Waals surface area contributed by atoms with Crippen molar-refractivity contribution >= 4 is 53.4 Å². The summed E-state index contributed by atoms with van der Waals surface area (Å²) in [6.07, 6.45) is 2.01. The van der Waals surface area contributed by atoms with Crippen LogP contribution in [0.15, 0.2) is 30.3 Å². The Kier molecular flexibility index (Phi) is 19.9. The predicted molar refractivity (Wildman–Crippen MR) is 211 cm³/mol. The molecule has 0 heterocycles. The van der Waals surface area contributed by atoms with Crippen LogP contribution >= 0.6 is 0 Å². The Labute approximate surface area is 330 Å². The third kappa shape index (κ3) is 15.3. The number of hydrogen-bond acceptors (Lipinski definition) is 9. The van der Waals surface area contributed by atoms with Gasteiger partial charge in [-0.3, -0.25) is 38.5 Å². The molecule has 6 amide bonds. The third-order valence-electron chi connectivity index (χ3n) is 9.08. The maximum atomic E-state index is 14.6. The van der Waals surface area contributed by atoms with Crippen molar-refractivity contribution in [2.24, 2.45) is 17.3 Å². The van der Waals surface area contributed by atoms with E-state index in [-0.39, 0.29) is 18.0 Å². The molecule has 0 fully saturated rings. The van der Waals surface area contributed by atoms with E-state index < -0.39 is 108 Å². The van der Waals surface area contributed by atoms with E-state index in [0.29, 0.717) is 12.7 Å². The minimum atomic E-state index is -1.72. The molecule has 5 atom stereocenters. The first-order chi connectivity index (χ1) is 26.0. The van der Waals surface area contributed by atoms with Gasteiger partial charge in [-0.05, 0) is 56.1 Å². The van der Waals surface area contributed by atoms with Gasteiger partial charge in [0.2, 0.25) is 29.5 Å². The van der Waals surface area contributed by atoms with Crippen LogP contribution in [0.4, 0.5) is 5.69 Å². The number of carboxylic acid groups (broad SMARTS) is 1. The second kappa shape index (κ2) is 22.6. The van der Waals surface area contributed by atoms with Gasteiger partial charge in [-0.1, -0.05) is 86.4 Å². The zero-order chi connectivity index (χ0) is 43.0. The van der Waals surface area contributed by atoms with E-state index >= 15 is 0 Å². The molecule has 16 nitrogen and oxygen atoms in total. The number of aliphatic carboxylic acids is 1. The van der Waals surface area contributed by atoms with Crippen LogP contribution in [0.3, 0.4) is 0 Å². The minimum absolute atomic E-state index is 0.0151. The molecule has 56 heavy (non-hydrogen) atoms. The van der Waals surface area contributed by atoms with Crippen molar-refractivity contribution in [2.45, 2.75) is 144 Å². The largest absolute Gasteiger partial charge is 0.481 e. The SMILES string of the molecule is CCCC[C@@H](C=O)NC(=O)[C@H](CC(C)C)NC(=O)[C@@H](NC(=O)C(C)(C)N(C(=O)[C@H](NC(=O)[C@H](CO)NC(=O)CCC(=O)O)C(C)C)c1ccccc1)C(C)(C)C. The van der Waals surface area contributed by atoms with Crippen molar-refractivity contribution in [2.75, 3.05) is 11.5 Å². The number of para-hydroxylation sites is 1. The molecular weight excluding hydrogens is 724 g/mol. The van der Waals surface area contributed by atoms with E-state index in [1.807, 2.05) is 20.8 Å². The monoisotopic (exact) mass is 788 g/mol. The van der Waals surface area contributed by atoms with E-state index in [9.17, 15) is 43.5 Å². The van der Waals surface area contributed by atoms with E-state index in [1.54, 1.807) is 65.0 Å². The van der Waals surface area contributed by atoms with Gasteiger partial charge in [0.1, 0.15) is 36.0 Å². The number of benzene rings is 1. The molecule has 0 aromatic heterocycles. The second-order valence-corrected chi connectivity index (χ2v) is 16.4. The van der Waals surface area contributed by atoms with Crippen molar-refractivity contribution in [3.05, 3.63) is 30.3 Å². The molecule has 0 unspecified atom stereocenters. The maximum absolute atomic E-state index is 14.6. The number of amides is 6. The summed E-state index contributed by atoms with van der Waals surface area (Å²) in [5.41, 5.74) is -2.32. The number of nitrogens with zero attached hydrogens (tertiary/aromatic N) is 1. The van der Waals surface area contributed by atoms with Crippen LogP contribution in [0.1, 0.15) is 108 Å². The van der Waals surface area contributed by atoms with E-state index in [1.165, 1.54) is 18.7 Å². The highest BCUT2D eigenvalue weighted by Crippen LogP contribution is 2.28. The summed E-state index contributed by atoms with van der Waals surface area (Å²) < 4.78 is 0. The van der Waals surface area contributed by atoms with Gasteiger partial charge in [0.15, 0.2) is 0 Å². The van der Waals surface area contributed by atoms with E-state index in [2.05, 4.69) is 26.6 Å². The highest BCUT2D eigenvalue weighted by Gasteiger charge is 2.45. The highest BCUT2D eigenvalue weighted by molar-refractivity contribution is 6.07. The summed E-state index contributed by atoms with van der Waals surface area (Å²) in [5, 5.41) is 32.0. The molecular formula is C40H64N6O10. The van der Waals surface area contributed by atoms with Gasteiger partial charge in [0.25, 0.3) is 5.91 Å². The summed E-state index contributed by atoms with van der Waals surface area (Å²) in [6, 6.07) is 2.50. The van der Waals surface area contributed by atoms with Gasteiger partial charge in [-0.25, -0.2) is 0 Å². The number of carboxylic acids is 1. The fraction of sp³-hybridized carbons (Fsp3) is 0.650. The summed E-state index contributed by atoms with van der Waals surface area (Å²) in [7, 11) is 0. The molecule has 0 aliphatic rings. The van der Waals surface area contributed by atoms with Gasteiger partial charge >= 0.3 is 5.97 Å². The fourth-order valence-electron chi connectivity index (χ4n) is 5.81. The van der Waals surface area contributed by atoms with Crippen LogP contribution in [-0.4, -0.2) is 100 Å². The quantitative estimate of drug-likeness (QED) is 0.0798. The van der Waals surface area contributed by atoms with Crippen molar-refractivity contribution in [1.29, 1.82) is 0 Å². The number of carbonyl (C=O) groups excluding carboxylic acids is 7. The van der Waals surface area contributed by atoms with Gasteiger partial charge in [0, 0.05) is 12.1 Å². The normalized spacial score (nSPS) is 14.4. The topological polar surface area (TPSA) is 240 Å². The van der Waals surface area contributed by atoms with Gasteiger partial charge in [-0.15, -0.1) is 0 Å². The van der Waals surface area contributed by atoms with Gasteiger partial charge in [-0.2, -0.15) is 0 Å². The Morgan fingerprint density at radius 1 is 0.786 bits per heavy atom. The average molecular weight is 789 g/mol. The number of aliphatic hydroxyl groups excluding tert-OH is 1. The number of aldehydes is 1. The Morgan fingerprint density at radius 2 is 1.38 bits per heavy atom. The molecule has 0 aliphatic carbocycles. The molecule has 0 saturated heterocycles. The van der Waals surface area contributed by atoms with Crippen molar-refractivity contribution < 1.29 is 48.6 Å². The molecule has 0 bridgehead atoms. The Bertz CT molecular complexity index is 1510. The highest BCUT2D eigenvalue weighted by atomic mass is 16.4. The third-order valence-corrected chi connectivity index (χ3v) is 9.08. The zero-order valence-corrected chi connectivity index (χ0v) is 34.6. The Hall–Kier alpha value is -4.86. The first-order valence-electron chi connectivity index (χ1n) is 19.2. The van der Waals surface area contributed by atoms with Gasteiger partial charge in [0.05, 0.1) is 19.1 Å². The lowest BCUT2D eigenvalue weighted by Crippen LogP contribution is -2.66. The molecule has 314 valence electrons. The molecule has 0 saturated carbocycles. The first-order valence-corrected chi connectivity index (χ1v) is 19.2. The number of nitrogens with one attached hydrogen (secondary N) is 5. The van der Waals surface area contributed by atoms with Crippen LogP contribution in [0.2, 0.25) is 0 Å². The number of unbranched alkanes of at least 4 members (excludes halogenated alkanes) is 1. The van der Waals surface area contributed by atoms with Crippen molar-refractivity contribution in [3.63, 3.8) is 0 Å². The lowest BCUT2D eigenvalue weighted by Gasteiger charge is -2.42. The van der Waals surface area contributed by atoms with Gasteiger partial charge < -0.3 is 41.6 Å². The molecule has 1 aromatic rings. The summed E-state index contributed by atoms with van der Waals surface area (Å²) in [4.78, 5) is 106. The van der Waals surface area contributed by atoms with Crippen molar-refractivity contribution in [3.8, 4) is 0 Å². The van der Waals surface area contributed by atoms with E-state index in [4.69, 9.17) is 5.11 Å². The van der Waals surface area contributed by atoms with Crippen LogP contribution < -0.4 is 31.5 Å². The molecule has 1 rings (SSSR count). The summed E-state index contributed by atoms with van der Waals surface area (Å²) in [6.45, 7) is 16.4. The smallest absolute Gasteiger partial charge is 0.303 e. The lowest BCUT2D eigenvalue weighted by molar-refractivity contribution is -0.139. The number of anilines is 1. The number of hydrogen-bond donors (Lipinski definition) is 7. The molecule has 1 aromatic carbocycles. The average Bonchev–Trinajstić information content (AvgIpc) is 3.11. The lowest BCUT2D eigenvalue weighted by atomic mass is 9.84. The van der Waals surface area contributed by atoms with Crippen LogP contribution in [0, 0.1) is 17.3 Å². The molecule has 16 heteroatoms. The van der Waals surface area contributed by atoms with E-state index in [0.717, 1.165) is 12.8 Å². The Morgan fingerprint density at radius 3 is 1.86 bits per heavy atom. The summed E-state index contributed by atoms with van der Waals surface area (Å²) in [5.74, 6) is -6.13. The number of carbonyl (C=O) groups is 8. The van der Waals surface area contributed by atoms with Crippen LogP contribution in [-0.2, 0) is 38.4 Å². The second-order valence-electron chi connectivity index (χ2n) is 16.4. The number of rotatable bonds is 23. The zero-order valence-electron chi connectivity index (χ0n) is 34.6. The molecule has 0 spiro atoms.